The minimum Gasteiger partial charge on any atom is -0.389 e. The Morgan fingerprint density at radius 1 is 1.40 bits per heavy atom. The summed E-state index contributed by atoms with van der Waals surface area (Å²) in [7, 11) is 0. The maximum Gasteiger partial charge on any atom is 0.139 e. The van der Waals surface area contributed by atoms with Gasteiger partial charge in [0.2, 0.25) is 0 Å². The summed E-state index contributed by atoms with van der Waals surface area (Å²) in [6.45, 7) is 8.50. The van der Waals surface area contributed by atoms with Gasteiger partial charge in [0.1, 0.15) is 10.8 Å². The van der Waals surface area contributed by atoms with E-state index in [1.807, 2.05) is 6.92 Å². The van der Waals surface area contributed by atoms with Crippen molar-refractivity contribution >= 4 is 23.0 Å². The first-order valence-corrected chi connectivity index (χ1v) is 7.96. The van der Waals surface area contributed by atoms with Crippen LogP contribution in [0.5, 0.6) is 0 Å². The minimum atomic E-state index is 0.459. The highest BCUT2D eigenvalue weighted by atomic mass is 32.1. The second-order valence-corrected chi connectivity index (χ2v) is 6.30. The SMILES string of the molecule is CCCC1CCN(c2nc(C)cc(C)c2C(N)=S)CC1. The molecule has 0 unspecified atom stereocenters. The van der Waals surface area contributed by atoms with Crippen LogP contribution in [0.4, 0.5) is 5.82 Å². The number of aromatic nitrogens is 1. The summed E-state index contributed by atoms with van der Waals surface area (Å²) in [5, 5.41) is 0. The molecule has 2 N–H and O–H groups in total. The lowest BCUT2D eigenvalue weighted by atomic mass is 9.92. The van der Waals surface area contributed by atoms with Gasteiger partial charge in [-0.15, -0.1) is 0 Å². The monoisotopic (exact) mass is 291 g/mol. The number of hydrogen-bond acceptors (Lipinski definition) is 3. The summed E-state index contributed by atoms with van der Waals surface area (Å²) < 4.78 is 0. The van der Waals surface area contributed by atoms with Gasteiger partial charge in [-0.25, -0.2) is 4.98 Å². The van der Waals surface area contributed by atoms with Crippen molar-refractivity contribution in [3.8, 4) is 0 Å². The molecule has 1 aromatic heterocycles. The van der Waals surface area contributed by atoms with Crippen molar-refractivity contribution in [2.24, 2.45) is 11.7 Å². The second-order valence-electron chi connectivity index (χ2n) is 5.86. The maximum atomic E-state index is 5.91. The molecule has 4 heteroatoms. The van der Waals surface area contributed by atoms with E-state index in [0.29, 0.717) is 4.99 Å². The average Bonchev–Trinajstić information content (AvgIpc) is 2.38. The molecule has 0 spiro atoms. The summed E-state index contributed by atoms with van der Waals surface area (Å²) in [6, 6.07) is 2.06. The molecule has 0 amide bonds. The predicted molar refractivity (Wildman–Crippen MR) is 89.4 cm³/mol. The summed E-state index contributed by atoms with van der Waals surface area (Å²) >= 11 is 5.23. The van der Waals surface area contributed by atoms with E-state index >= 15 is 0 Å². The van der Waals surface area contributed by atoms with Crippen LogP contribution in [0.2, 0.25) is 0 Å². The number of piperidine rings is 1. The number of pyridine rings is 1. The molecule has 3 nitrogen and oxygen atoms in total. The summed E-state index contributed by atoms with van der Waals surface area (Å²) in [4.78, 5) is 7.53. The number of nitrogens with two attached hydrogens (primary N) is 1. The van der Waals surface area contributed by atoms with Crippen LogP contribution < -0.4 is 10.6 Å². The van der Waals surface area contributed by atoms with Crippen molar-refractivity contribution in [3.05, 3.63) is 22.9 Å². The molecular formula is C16H25N3S. The predicted octanol–water partition coefficient (Wildman–Crippen LogP) is 3.35. The molecule has 2 rings (SSSR count). The highest BCUT2D eigenvalue weighted by Crippen LogP contribution is 2.28. The van der Waals surface area contributed by atoms with E-state index in [1.54, 1.807) is 0 Å². The molecule has 2 heterocycles. The van der Waals surface area contributed by atoms with Gasteiger partial charge in [-0.2, -0.15) is 0 Å². The first-order valence-electron chi connectivity index (χ1n) is 7.56. The van der Waals surface area contributed by atoms with Crippen LogP contribution >= 0.6 is 12.2 Å². The van der Waals surface area contributed by atoms with Crippen LogP contribution in [0.25, 0.3) is 0 Å². The largest absolute Gasteiger partial charge is 0.389 e. The third-order valence-electron chi connectivity index (χ3n) is 4.18. The Bertz CT molecular complexity index is 491. The number of aryl methyl sites for hydroxylation is 2. The van der Waals surface area contributed by atoms with Gasteiger partial charge in [-0.1, -0.05) is 32.0 Å². The molecule has 1 aromatic rings. The van der Waals surface area contributed by atoms with Crippen molar-refractivity contribution in [1.29, 1.82) is 0 Å². The van der Waals surface area contributed by atoms with Crippen LogP contribution in [-0.4, -0.2) is 23.1 Å². The Kier molecular flexibility index (Phi) is 4.97. The van der Waals surface area contributed by atoms with E-state index in [0.717, 1.165) is 41.6 Å². The molecule has 20 heavy (non-hydrogen) atoms. The van der Waals surface area contributed by atoms with Crippen LogP contribution in [0, 0.1) is 19.8 Å². The fraction of sp³-hybridized carbons (Fsp3) is 0.625. The number of nitrogens with zero attached hydrogens (tertiary/aromatic N) is 2. The van der Waals surface area contributed by atoms with E-state index in [1.165, 1.54) is 25.7 Å². The summed E-state index contributed by atoms with van der Waals surface area (Å²) in [5.41, 5.74) is 9.04. The van der Waals surface area contributed by atoms with Gasteiger partial charge in [0.25, 0.3) is 0 Å². The fourth-order valence-corrected chi connectivity index (χ4v) is 3.44. The maximum absolute atomic E-state index is 5.91. The molecule has 0 bridgehead atoms. The zero-order valence-corrected chi connectivity index (χ0v) is 13.6. The standard InChI is InChI=1S/C16H25N3S/c1-4-5-13-6-8-19(9-7-13)16-14(15(17)20)11(2)10-12(3)18-16/h10,13H,4-9H2,1-3H3,(H2,17,20). The van der Waals surface area contributed by atoms with Gasteiger partial charge in [0.05, 0.1) is 5.56 Å². The Hall–Kier alpha value is -1.16. The first kappa shape index (κ1) is 15.2. The van der Waals surface area contributed by atoms with Crippen LogP contribution in [0.1, 0.15) is 49.4 Å². The summed E-state index contributed by atoms with van der Waals surface area (Å²) in [6.07, 6.45) is 5.12. The molecular weight excluding hydrogens is 266 g/mol. The molecule has 0 atom stereocenters. The molecule has 110 valence electrons. The lowest BCUT2D eigenvalue weighted by molar-refractivity contribution is 0.377. The van der Waals surface area contributed by atoms with Crippen molar-refractivity contribution in [2.75, 3.05) is 18.0 Å². The van der Waals surface area contributed by atoms with Gasteiger partial charge < -0.3 is 10.6 Å². The Labute approximate surface area is 127 Å². The zero-order valence-electron chi connectivity index (χ0n) is 12.8. The van der Waals surface area contributed by atoms with Crippen molar-refractivity contribution < 1.29 is 0 Å². The van der Waals surface area contributed by atoms with E-state index in [2.05, 4.69) is 24.8 Å². The second kappa shape index (κ2) is 6.53. The number of anilines is 1. The first-order chi connectivity index (χ1) is 9.52. The molecule has 0 saturated carbocycles. The Morgan fingerprint density at radius 3 is 2.60 bits per heavy atom. The van der Waals surface area contributed by atoms with Crippen molar-refractivity contribution in [3.63, 3.8) is 0 Å². The highest BCUT2D eigenvalue weighted by molar-refractivity contribution is 7.80. The number of rotatable bonds is 4. The van der Waals surface area contributed by atoms with Crippen LogP contribution in [0.15, 0.2) is 6.07 Å². The average molecular weight is 291 g/mol. The normalized spacial score (nSPS) is 16.4. The van der Waals surface area contributed by atoms with E-state index in [4.69, 9.17) is 22.9 Å². The molecule has 1 fully saturated rings. The van der Waals surface area contributed by atoms with Gasteiger partial charge in [-0.05, 0) is 44.2 Å². The van der Waals surface area contributed by atoms with E-state index in [9.17, 15) is 0 Å². The molecule has 0 aromatic carbocycles. The van der Waals surface area contributed by atoms with Crippen LogP contribution in [0.3, 0.4) is 0 Å². The van der Waals surface area contributed by atoms with Crippen LogP contribution in [-0.2, 0) is 0 Å². The Morgan fingerprint density at radius 2 is 2.05 bits per heavy atom. The quantitative estimate of drug-likeness (QED) is 0.864. The third kappa shape index (κ3) is 3.29. The van der Waals surface area contributed by atoms with E-state index < -0.39 is 0 Å². The lowest BCUT2D eigenvalue weighted by Gasteiger charge is -2.34. The van der Waals surface area contributed by atoms with Gasteiger partial charge >= 0.3 is 0 Å². The van der Waals surface area contributed by atoms with Gasteiger partial charge in [-0.3, -0.25) is 0 Å². The molecule has 0 radical (unpaired) electrons. The van der Waals surface area contributed by atoms with Crippen molar-refractivity contribution in [2.45, 2.75) is 46.5 Å². The molecule has 1 aliphatic heterocycles. The molecule has 0 aliphatic carbocycles. The fourth-order valence-electron chi connectivity index (χ4n) is 3.19. The van der Waals surface area contributed by atoms with E-state index in [-0.39, 0.29) is 0 Å². The summed E-state index contributed by atoms with van der Waals surface area (Å²) in [5.74, 6) is 1.86. The molecule has 1 saturated heterocycles. The third-order valence-corrected chi connectivity index (χ3v) is 4.39. The zero-order chi connectivity index (χ0) is 14.7. The van der Waals surface area contributed by atoms with Gasteiger partial charge in [0, 0.05) is 18.8 Å². The topological polar surface area (TPSA) is 42.2 Å². The smallest absolute Gasteiger partial charge is 0.139 e. The molecule has 1 aliphatic rings. The number of thiocarbonyl (C=S) groups is 1. The Balaban J connectivity index is 2.23. The van der Waals surface area contributed by atoms with Gasteiger partial charge in [0.15, 0.2) is 0 Å². The minimum absolute atomic E-state index is 0.459. The highest BCUT2D eigenvalue weighted by Gasteiger charge is 2.23. The van der Waals surface area contributed by atoms with Crippen molar-refractivity contribution in [1.82, 2.24) is 4.98 Å². The number of hydrogen-bond donors (Lipinski definition) is 1. The lowest BCUT2D eigenvalue weighted by Crippen LogP contribution is -2.36.